The molecule has 1 heterocycles. The fourth-order valence-corrected chi connectivity index (χ4v) is 1.22. The first-order valence-electron chi connectivity index (χ1n) is 3.82. The van der Waals surface area contributed by atoms with Crippen LogP contribution in [0.25, 0.3) is 0 Å². The molecular formula is C9H12O3. The Bertz CT molecular complexity index is 284. The van der Waals surface area contributed by atoms with Gasteiger partial charge < -0.3 is 4.74 Å². The van der Waals surface area contributed by atoms with E-state index in [0.29, 0.717) is 0 Å². The number of ketones is 1. The van der Waals surface area contributed by atoms with Gasteiger partial charge in [-0.15, -0.1) is 0 Å². The van der Waals surface area contributed by atoms with Gasteiger partial charge in [0.15, 0.2) is 5.78 Å². The van der Waals surface area contributed by atoms with Crippen molar-refractivity contribution >= 4 is 11.8 Å². The van der Waals surface area contributed by atoms with Crippen molar-refractivity contribution < 1.29 is 14.3 Å². The Morgan fingerprint density at radius 1 is 1.42 bits per heavy atom. The van der Waals surface area contributed by atoms with E-state index in [1.54, 1.807) is 20.8 Å². The average Bonchev–Trinajstić information content (AvgIpc) is 2.02. The summed E-state index contributed by atoms with van der Waals surface area (Å²) in [6.45, 7) is 6.68. The number of cyclic esters (lactones) is 1. The molecule has 0 spiro atoms. The minimum Gasteiger partial charge on any atom is -0.451 e. The summed E-state index contributed by atoms with van der Waals surface area (Å²) in [6, 6.07) is 0. The van der Waals surface area contributed by atoms with Crippen molar-refractivity contribution in [1.82, 2.24) is 0 Å². The third kappa shape index (κ3) is 1.15. The van der Waals surface area contributed by atoms with Crippen LogP contribution in [0.1, 0.15) is 27.7 Å². The Labute approximate surface area is 71.4 Å². The normalized spacial score (nSPS) is 21.2. The van der Waals surface area contributed by atoms with Gasteiger partial charge in [-0.3, -0.25) is 4.79 Å². The van der Waals surface area contributed by atoms with E-state index in [1.807, 2.05) is 0 Å². The second-order valence-electron chi connectivity index (χ2n) is 3.46. The molecule has 0 N–H and O–H groups in total. The molecule has 0 saturated heterocycles. The van der Waals surface area contributed by atoms with Crippen LogP contribution in [0.15, 0.2) is 11.1 Å². The van der Waals surface area contributed by atoms with Crippen molar-refractivity contribution in [2.45, 2.75) is 33.3 Å². The number of carbonyl (C=O) groups is 2. The molecule has 12 heavy (non-hydrogen) atoms. The highest BCUT2D eigenvalue weighted by atomic mass is 16.6. The third-order valence-corrected chi connectivity index (χ3v) is 2.18. The molecule has 0 aliphatic carbocycles. The quantitative estimate of drug-likeness (QED) is 0.437. The molecule has 0 fully saturated rings. The molecule has 0 radical (unpaired) electrons. The van der Waals surface area contributed by atoms with Gasteiger partial charge in [-0.25, -0.2) is 4.79 Å². The second kappa shape index (κ2) is 2.44. The van der Waals surface area contributed by atoms with E-state index < -0.39 is 11.6 Å². The summed E-state index contributed by atoms with van der Waals surface area (Å²) in [6.07, 6.45) is 0. The molecule has 0 aromatic rings. The van der Waals surface area contributed by atoms with Gasteiger partial charge in [0.1, 0.15) is 11.2 Å². The SMILES string of the molecule is CC(=O)C1=C(C)C(C)(C)OC1=O. The van der Waals surface area contributed by atoms with Crippen molar-refractivity contribution in [2.75, 3.05) is 0 Å². The molecule has 0 saturated carbocycles. The summed E-state index contributed by atoms with van der Waals surface area (Å²) in [4.78, 5) is 22.1. The first-order valence-corrected chi connectivity index (χ1v) is 3.82. The van der Waals surface area contributed by atoms with Gasteiger partial charge in [0.05, 0.1) is 0 Å². The molecule has 0 atom stereocenters. The lowest BCUT2D eigenvalue weighted by Gasteiger charge is -2.17. The number of ether oxygens (including phenoxy) is 1. The van der Waals surface area contributed by atoms with Gasteiger partial charge in [-0.1, -0.05) is 0 Å². The summed E-state index contributed by atoms with van der Waals surface area (Å²) in [5.74, 6) is -0.715. The highest BCUT2D eigenvalue weighted by Crippen LogP contribution is 2.31. The maximum absolute atomic E-state index is 11.1. The smallest absolute Gasteiger partial charge is 0.342 e. The van der Waals surface area contributed by atoms with Gasteiger partial charge in [0, 0.05) is 0 Å². The number of rotatable bonds is 1. The van der Waals surface area contributed by atoms with E-state index in [0.717, 1.165) is 5.57 Å². The molecule has 1 aliphatic rings. The standard InChI is InChI=1S/C9H12O3/c1-5-7(6(2)10)8(11)12-9(5,3)4/h1-4H3. The third-order valence-electron chi connectivity index (χ3n) is 2.18. The van der Waals surface area contributed by atoms with Crippen LogP contribution >= 0.6 is 0 Å². The highest BCUT2D eigenvalue weighted by Gasteiger charge is 2.39. The molecule has 1 rings (SSSR count). The Hall–Kier alpha value is -1.12. The van der Waals surface area contributed by atoms with Crippen LogP contribution in [0.4, 0.5) is 0 Å². The second-order valence-corrected chi connectivity index (χ2v) is 3.46. The summed E-state index contributed by atoms with van der Waals surface area (Å²) < 4.78 is 5.00. The Morgan fingerprint density at radius 2 is 1.92 bits per heavy atom. The summed E-state index contributed by atoms with van der Waals surface area (Å²) in [7, 11) is 0. The number of carbonyl (C=O) groups excluding carboxylic acids is 2. The van der Waals surface area contributed by atoms with E-state index in [9.17, 15) is 9.59 Å². The predicted molar refractivity (Wildman–Crippen MR) is 43.6 cm³/mol. The molecule has 0 unspecified atom stereocenters. The molecule has 3 heteroatoms. The minimum atomic E-state index is -0.613. The topological polar surface area (TPSA) is 43.4 Å². The molecule has 0 amide bonds. The maximum Gasteiger partial charge on any atom is 0.342 e. The lowest BCUT2D eigenvalue weighted by molar-refractivity contribution is -0.145. The van der Waals surface area contributed by atoms with Crippen LogP contribution in [0.3, 0.4) is 0 Å². The van der Waals surface area contributed by atoms with Gasteiger partial charge in [0.2, 0.25) is 0 Å². The van der Waals surface area contributed by atoms with Crippen molar-refractivity contribution in [3.63, 3.8) is 0 Å². The van der Waals surface area contributed by atoms with Crippen LogP contribution in [-0.4, -0.2) is 17.4 Å². The number of esters is 1. The Kier molecular flexibility index (Phi) is 1.82. The van der Waals surface area contributed by atoms with E-state index >= 15 is 0 Å². The van der Waals surface area contributed by atoms with Crippen LogP contribution < -0.4 is 0 Å². The summed E-state index contributed by atoms with van der Waals surface area (Å²) in [5.41, 5.74) is 0.318. The van der Waals surface area contributed by atoms with Crippen molar-refractivity contribution in [2.24, 2.45) is 0 Å². The van der Waals surface area contributed by atoms with Crippen molar-refractivity contribution in [3.8, 4) is 0 Å². The monoisotopic (exact) mass is 168 g/mol. The summed E-state index contributed by atoms with van der Waals surface area (Å²) >= 11 is 0. The highest BCUT2D eigenvalue weighted by molar-refractivity contribution is 6.18. The zero-order valence-electron chi connectivity index (χ0n) is 7.72. The van der Waals surface area contributed by atoms with E-state index in [2.05, 4.69) is 0 Å². The molecule has 66 valence electrons. The first-order chi connectivity index (χ1) is 5.36. The van der Waals surface area contributed by atoms with E-state index in [-0.39, 0.29) is 11.4 Å². The van der Waals surface area contributed by atoms with Crippen LogP contribution in [0.5, 0.6) is 0 Å². The fraction of sp³-hybridized carbons (Fsp3) is 0.556. The maximum atomic E-state index is 11.1. The van der Waals surface area contributed by atoms with Crippen LogP contribution in [0, 0.1) is 0 Å². The summed E-state index contributed by atoms with van der Waals surface area (Å²) in [5, 5.41) is 0. The lowest BCUT2D eigenvalue weighted by atomic mass is 9.96. The zero-order valence-corrected chi connectivity index (χ0v) is 7.72. The van der Waals surface area contributed by atoms with Gasteiger partial charge >= 0.3 is 5.97 Å². The van der Waals surface area contributed by atoms with Crippen LogP contribution in [-0.2, 0) is 14.3 Å². The fourth-order valence-electron chi connectivity index (χ4n) is 1.22. The number of hydrogen-bond acceptors (Lipinski definition) is 3. The van der Waals surface area contributed by atoms with E-state index in [1.165, 1.54) is 6.92 Å². The first kappa shape index (κ1) is 8.97. The molecule has 0 aromatic heterocycles. The molecule has 1 aliphatic heterocycles. The zero-order chi connectivity index (χ0) is 9.52. The minimum absolute atomic E-state index is 0.208. The number of Topliss-reactive ketones (excluding diaryl/α,β-unsaturated/α-hetero) is 1. The van der Waals surface area contributed by atoms with E-state index in [4.69, 9.17) is 4.74 Å². The van der Waals surface area contributed by atoms with Gasteiger partial charge in [-0.05, 0) is 33.3 Å². The predicted octanol–water partition coefficient (Wildman–Crippen LogP) is 1.23. The molecule has 3 nitrogen and oxygen atoms in total. The molecule has 0 bridgehead atoms. The van der Waals surface area contributed by atoms with Crippen molar-refractivity contribution in [1.29, 1.82) is 0 Å². The molecular weight excluding hydrogens is 156 g/mol. The van der Waals surface area contributed by atoms with Crippen LogP contribution in [0.2, 0.25) is 0 Å². The van der Waals surface area contributed by atoms with Gasteiger partial charge in [-0.2, -0.15) is 0 Å². The van der Waals surface area contributed by atoms with Crippen molar-refractivity contribution in [3.05, 3.63) is 11.1 Å². The largest absolute Gasteiger partial charge is 0.451 e. The molecule has 0 aromatic carbocycles. The van der Waals surface area contributed by atoms with Gasteiger partial charge in [0.25, 0.3) is 0 Å². The average molecular weight is 168 g/mol. The Balaban J connectivity index is 3.20. The lowest BCUT2D eigenvalue weighted by Crippen LogP contribution is -2.21. The Morgan fingerprint density at radius 3 is 2.08 bits per heavy atom. The number of hydrogen-bond donors (Lipinski definition) is 0.